The second-order valence-electron chi connectivity index (χ2n) is 18.8. The molecular formula is C44H76O7. The summed E-state index contributed by atoms with van der Waals surface area (Å²) in [6.45, 7) is 16.9. The Morgan fingerprint density at radius 3 is 2.33 bits per heavy atom. The summed E-state index contributed by atoms with van der Waals surface area (Å²) in [6, 6.07) is 0. The average Bonchev–Trinajstić information content (AvgIpc) is 3.47. The van der Waals surface area contributed by atoms with E-state index in [-0.39, 0.29) is 24.1 Å². The highest BCUT2D eigenvalue weighted by Gasteiger charge is 2.59. The Morgan fingerprint density at radius 1 is 0.882 bits per heavy atom. The van der Waals surface area contributed by atoms with Gasteiger partial charge in [0, 0.05) is 6.42 Å². The highest BCUT2D eigenvalue weighted by Crippen LogP contribution is 2.67. The van der Waals surface area contributed by atoms with E-state index in [1.165, 1.54) is 69.8 Å². The summed E-state index contributed by atoms with van der Waals surface area (Å²) in [5.41, 5.74) is 2.13. The number of hydrogen-bond donors (Lipinski definition) is 3. The van der Waals surface area contributed by atoms with Crippen molar-refractivity contribution in [3.63, 3.8) is 0 Å². The van der Waals surface area contributed by atoms with E-state index >= 15 is 0 Å². The Labute approximate surface area is 311 Å². The van der Waals surface area contributed by atoms with Crippen molar-refractivity contribution in [2.24, 2.45) is 52.3 Å². The summed E-state index contributed by atoms with van der Waals surface area (Å²) >= 11 is 0. The van der Waals surface area contributed by atoms with Crippen molar-refractivity contribution in [1.82, 2.24) is 0 Å². The number of aliphatic hydroxyl groups is 3. The lowest BCUT2D eigenvalue weighted by Crippen LogP contribution is -2.60. The topological polar surface area (TPSA) is 105 Å². The SMILES string of the molecule is CCCCCCCCCC(=O)OCC1OC(OC2CCC3(C)C(=CCC4C3CCC3(C)C(C(C)CCC(C)C(C)C)CCC43)C2)C(O)C(O)C1O. The summed E-state index contributed by atoms with van der Waals surface area (Å²) in [6.07, 6.45) is 16.4. The Morgan fingerprint density at radius 2 is 1.61 bits per heavy atom. The van der Waals surface area contributed by atoms with Gasteiger partial charge in [-0.25, -0.2) is 0 Å². The first kappa shape index (κ1) is 41.2. The molecule has 0 amide bonds. The highest BCUT2D eigenvalue weighted by molar-refractivity contribution is 5.69. The summed E-state index contributed by atoms with van der Waals surface area (Å²) < 4.78 is 17.9. The van der Waals surface area contributed by atoms with Crippen LogP contribution in [0.2, 0.25) is 0 Å². The van der Waals surface area contributed by atoms with E-state index in [2.05, 4.69) is 54.5 Å². The van der Waals surface area contributed by atoms with Crippen LogP contribution in [0.3, 0.4) is 0 Å². The lowest BCUT2D eigenvalue weighted by Gasteiger charge is -2.58. The molecule has 1 aliphatic heterocycles. The number of carbonyl (C=O) groups excluding carboxylic acids is 1. The number of aliphatic hydroxyl groups excluding tert-OH is 3. The van der Waals surface area contributed by atoms with Gasteiger partial charge in [-0.15, -0.1) is 0 Å². The number of carbonyl (C=O) groups is 1. The number of allylic oxidation sites excluding steroid dienone is 1. The Bertz CT molecular complexity index is 1140. The van der Waals surface area contributed by atoms with Gasteiger partial charge >= 0.3 is 5.97 Å². The van der Waals surface area contributed by atoms with E-state index in [1.807, 2.05) is 0 Å². The lowest BCUT2D eigenvalue weighted by molar-refractivity contribution is -0.313. The van der Waals surface area contributed by atoms with Crippen LogP contribution in [0.5, 0.6) is 0 Å². The molecule has 1 heterocycles. The third kappa shape index (κ3) is 9.28. The minimum absolute atomic E-state index is 0.137. The molecule has 5 rings (SSSR count). The van der Waals surface area contributed by atoms with E-state index in [0.717, 1.165) is 80.5 Å². The molecule has 5 aliphatic rings. The van der Waals surface area contributed by atoms with E-state index in [0.29, 0.717) is 17.8 Å². The van der Waals surface area contributed by atoms with Crippen molar-refractivity contribution < 1.29 is 34.3 Å². The Balaban J connectivity index is 1.13. The van der Waals surface area contributed by atoms with Gasteiger partial charge in [0.1, 0.15) is 31.0 Å². The van der Waals surface area contributed by atoms with Crippen LogP contribution >= 0.6 is 0 Å². The lowest BCUT2D eigenvalue weighted by atomic mass is 9.47. The van der Waals surface area contributed by atoms with E-state index < -0.39 is 30.7 Å². The van der Waals surface area contributed by atoms with Gasteiger partial charge in [0.2, 0.25) is 0 Å². The van der Waals surface area contributed by atoms with E-state index in [9.17, 15) is 20.1 Å². The van der Waals surface area contributed by atoms with Gasteiger partial charge in [-0.1, -0.05) is 111 Å². The normalized spacial score (nSPS) is 40.6. The van der Waals surface area contributed by atoms with Crippen molar-refractivity contribution in [3.8, 4) is 0 Å². The molecule has 3 N–H and O–H groups in total. The second-order valence-corrected chi connectivity index (χ2v) is 18.8. The number of unbranched alkanes of at least 4 members (excludes halogenated alkanes) is 6. The fourth-order valence-corrected chi connectivity index (χ4v) is 11.6. The van der Waals surface area contributed by atoms with Gasteiger partial charge in [-0.3, -0.25) is 4.79 Å². The molecular weight excluding hydrogens is 640 g/mol. The molecule has 3 saturated carbocycles. The van der Waals surface area contributed by atoms with Crippen molar-refractivity contribution in [3.05, 3.63) is 11.6 Å². The number of hydrogen-bond acceptors (Lipinski definition) is 7. The summed E-state index contributed by atoms with van der Waals surface area (Å²) in [7, 11) is 0. The van der Waals surface area contributed by atoms with Crippen molar-refractivity contribution >= 4 is 5.97 Å². The first-order valence-electron chi connectivity index (χ1n) is 21.5. The second kappa shape index (κ2) is 18.1. The fourth-order valence-electron chi connectivity index (χ4n) is 11.6. The van der Waals surface area contributed by atoms with Crippen LogP contribution in [-0.2, 0) is 19.0 Å². The zero-order valence-corrected chi connectivity index (χ0v) is 33.5. The maximum absolute atomic E-state index is 12.4. The van der Waals surface area contributed by atoms with Crippen LogP contribution in [0, 0.1) is 52.3 Å². The molecule has 7 nitrogen and oxygen atoms in total. The van der Waals surface area contributed by atoms with Crippen molar-refractivity contribution in [1.29, 1.82) is 0 Å². The third-order valence-corrected chi connectivity index (χ3v) is 15.4. The van der Waals surface area contributed by atoms with Crippen LogP contribution in [0.15, 0.2) is 11.6 Å². The van der Waals surface area contributed by atoms with Gasteiger partial charge in [0.25, 0.3) is 0 Å². The van der Waals surface area contributed by atoms with E-state index in [4.69, 9.17) is 14.2 Å². The largest absolute Gasteiger partial charge is 0.463 e. The van der Waals surface area contributed by atoms with Crippen LogP contribution in [0.4, 0.5) is 0 Å². The van der Waals surface area contributed by atoms with Crippen LogP contribution < -0.4 is 0 Å². The first-order chi connectivity index (χ1) is 24.3. The smallest absolute Gasteiger partial charge is 0.305 e. The zero-order valence-electron chi connectivity index (χ0n) is 33.5. The van der Waals surface area contributed by atoms with Gasteiger partial charge in [0.05, 0.1) is 6.10 Å². The molecule has 51 heavy (non-hydrogen) atoms. The van der Waals surface area contributed by atoms with Crippen LogP contribution in [-0.4, -0.2) is 64.7 Å². The predicted octanol–water partition coefficient (Wildman–Crippen LogP) is 9.15. The van der Waals surface area contributed by atoms with Gasteiger partial charge < -0.3 is 29.5 Å². The molecule has 4 fully saturated rings. The van der Waals surface area contributed by atoms with Gasteiger partial charge in [-0.2, -0.15) is 0 Å². The molecule has 7 heteroatoms. The maximum Gasteiger partial charge on any atom is 0.305 e. The molecule has 1 saturated heterocycles. The number of esters is 1. The van der Waals surface area contributed by atoms with Crippen molar-refractivity contribution in [2.75, 3.05) is 6.61 Å². The Kier molecular flexibility index (Phi) is 14.6. The standard InChI is InChI=1S/C44H76O7/c1-8-9-10-11-12-13-14-15-38(45)49-27-37-39(46)40(47)41(48)42(51-37)50-32-22-24-43(6)31(26-32)18-19-33-35-21-20-34(44(35,7)25-23-36(33)43)30(5)17-16-29(4)28(2)3/h18,28-30,32-37,39-42,46-48H,8-17,19-27H2,1-7H3. The average molecular weight is 717 g/mol. The minimum Gasteiger partial charge on any atom is -0.463 e. The van der Waals surface area contributed by atoms with E-state index in [1.54, 1.807) is 0 Å². The molecule has 14 unspecified atom stereocenters. The van der Waals surface area contributed by atoms with Gasteiger partial charge in [-0.05, 0) is 110 Å². The molecule has 0 bridgehead atoms. The first-order valence-corrected chi connectivity index (χ1v) is 21.5. The Hall–Kier alpha value is -0.990. The monoisotopic (exact) mass is 717 g/mol. The van der Waals surface area contributed by atoms with Crippen LogP contribution in [0.25, 0.3) is 0 Å². The molecule has 14 atom stereocenters. The zero-order chi connectivity index (χ0) is 36.9. The number of rotatable bonds is 17. The fraction of sp³-hybridized carbons (Fsp3) is 0.932. The minimum atomic E-state index is -1.44. The van der Waals surface area contributed by atoms with Crippen LogP contribution in [0.1, 0.15) is 164 Å². The molecule has 294 valence electrons. The predicted molar refractivity (Wildman–Crippen MR) is 203 cm³/mol. The summed E-state index contributed by atoms with van der Waals surface area (Å²) in [5, 5.41) is 32.2. The highest BCUT2D eigenvalue weighted by atomic mass is 16.7. The van der Waals surface area contributed by atoms with Crippen molar-refractivity contribution in [2.45, 2.75) is 201 Å². The quantitative estimate of drug-likeness (QED) is 0.0784. The number of ether oxygens (including phenoxy) is 3. The molecule has 0 aromatic heterocycles. The molecule has 0 aromatic carbocycles. The summed E-state index contributed by atoms with van der Waals surface area (Å²) in [5.74, 6) is 5.17. The molecule has 4 aliphatic carbocycles. The maximum atomic E-state index is 12.4. The summed E-state index contributed by atoms with van der Waals surface area (Å²) in [4.78, 5) is 12.4. The molecule has 0 spiro atoms. The molecule has 0 aromatic rings. The molecule has 0 radical (unpaired) electrons. The number of fused-ring (bicyclic) bond motifs is 5. The third-order valence-electron chi connectivity index (χ3n) is 15.4. The van der Waals surface area contributed by atoms with Gasteiger partial charge in [0.15, 0.2) is 6.29 Å².